The molecule has 0 aliphatic carbocycles. The SMILES string of the molecule is O=C(Cc1c[nH]c2ccccc12)N1CCCC1c1nnc2n1CCCCC2. The van der Waals surface area contributed by atoms with Gasteiger partial charge in [-0.1, -0.05) is 24.6 Å². The van der Waals surface area contributed by atoms with Crippen LogP contribution in [0, 0.1) is 0 Å². The molecule has 6 nitrogen and oxygen atoms in total. The number of carbonyl (C=O) groups excluding carboxylic acids is 1. The highest BCUT2D eigenvalue weighted by molar-refractivity contribution is 5.89. The van der Waals surface area contributed by atoms with Gasteiger partial charge in [-0.05, 0) is 37.3 Å². The van der Waals surface area contributed by atoms with Gasteiger partial charge < -0.3 is 14.5 Å². The normalized spacial score (nSPS) is 20.0. The van der Waals surface area contributed by atoms with Crippen molar-refractivity contribution >= 4 is 16.8 Å². The molecule has 2 aliphatic rings. The Morgan fingerprint density at radius 2 is 2.04 bits per heavy atom. The van der Waals surface area contributed by atoms with Gasteiger partial charge in [0.1, 0.15) is 5.82 Å². The first-order chi connectivity index (χ1) is 13.3. The van der Waals surface area contributed by atoms with Crippen molar-refractivity contribution in [2.45, 2.75) is 57.5 Å². The van der Waals surface area contributed by atoms with E-state index in [2.05, 4.69) is 25.8 Å². The molecule has 5 rings (SSSR count). The van der Waals surface area contributed by atoms with Gasteiger partial charge in [0.25, 0.3) is 0 Å². The summed E-state index contributed by atoms with van der Waals surface area (Å²) in [5.41, 5.74) is 2.15. The van der Waals surface area contributed by atoms with Crippen LogP contribution in [0.1, 0.15) is 55.4 Å². The van der Waals surface area contributed by atoms with E-state index in [1.165, 1.54) is 19.3 Å². The number of hydrogen-bond donors (Lipinski definition) is 1. The maximum Gasteiger partial charge on any atom is 0.227 e. The number of para-hydroxylation sites is 1. The van der Waals surface area contributed by atoms with Crippen molar-refractivity contribution < 1.29 is 4.79 Å². The quantitative estimate of drug-likeness (QED) is 0.776. The Labute approximate surface area is 158 Å². The van der Waals surface area contributed by atoms with Gasteiger partial charge in [-0.25, -0.2) is 0 Å². The molecule has 1 atom stereocenters. The number of aryl methyl sites for hydroxylation is 1. The third-order valence-corrected chi connectivity index (χ3v) is 6.03. The summed E-state index contributed by atoms with van der Waals surface area (Å²) in [6, 6.07) is 8.23. The van der Waals surface area contributed by atoms with E-state index in [1.807, 2.05) is 29.3 Å². The molecule has 0 radical (unpaired) electrons. The molecule has 4 heterocycles. The second kappa shape index (κ2) is 6.83. The van der Waals surface area contributed by atoms with E-state index in [9.17, 15) is 4.79 Å². The highest BCUT2D eigenvalue weighted by atomic mass is 16.2. The summed E-state index contributed by atoms with van der Waals surface area (Å²) in [5.74, 6) is 2.28. The second-order valence-corrected chi connectivity index (χ2v) is 7.72. The zero-order chi connectivity index (χ0) is 18.2. The zero-order valence-corrected chi connectivity index (χ0v) is 15.5. The highest BCUT2D eigenvalue weighted by Crippen LogP contribution is 2.33. The molecular formula is C21H25N5O. The van der Waals surface area contributed by atoms with Crippen molar-refractivity contribution in [3.05, 3.63) is 47.7 Å². The van der Waals surface area contributed by atoms with Crippen molar-refractivity contribution in [3.8, 4) is 0 Å². The number of carbonyl (C=O) groups is 1. The van der Waals surface area contributed by atoms with Crippen LogP contribution in [0.3, 0.4) is 0 Å². The summed E-state index contributed by atoms with van der Waals surface area (Å²) < 4.78 is 2.29. The molecule has 1 saturated heterocycles. The number of hydrogen-bond acceptors (Lipinski definition) is 3. The molecule has 6 heteroatoms. The van der Waals surface area contributed by atoms with Crippen LogP contribution in [0.15, 0.2) is 30.5 Å². The minimum atomic E-state index is 0.0713. The standard InChI is InChI=1S/C21H25N5O/c27-20(13-15-14-22-17-8-4-3-7-16(15)17)25-12-6-9-18(25)21-24-23-19-10-2-1-5-11-26(19)21/h3-4,7-8,14,18,22H,1-2,5-6,9-13H2. The van der Waals surface area contributed by atoms with Crippen molar-refractivity contribution in [3.63, 3.8) is 0 Å². The Morgan fingerprint density at radius 3 is 3.00 bits per heavy atom. The number of rotatable bonds is 3. The Balaban J connectivity index is 1.40. The molecule has 1 fully saturated rings. The number of nitrogens with one attached hydrogen (secondary N) is 1. The fraction of sp³-hybridized carbons (Fsp3) is 0.476. The van der Waals surface area contributed by atoms with Crippen LogP contribution in [0.25, 0.3) is 10.9 Å². The maximum atomic E-state index is 13.2. The number of fused-ring (bicyclic) bond motifs is 2. The van der Waals surface area contributed by atoms with Gasteiger partial charge in [-0.2, -0.15) is 0 Å². The molecule has 3 aromatic rings. The van der Waals surface area contributed by atoms with Gasteiger partial charge >= 0.3 is 0 Å². The van der Waals surface area contributed by atoms with Gasteiger partial charge in [-0.15, -0.1) is 10.2 Å². The fourth-order valence-electron chi connectivity index (χ4n) is 4.63. The minimum absolute atomic E-state index is 0.0713. The minimum Gasteiger partial charge on any atom is -0.361 e. The molecule has 27 heavy (non-hydrogen) atoms. The topological polar surface area (TPSA) is 66.8 Å². The molecule has 1 amide bonds. The summed E-state index contributed by atoms with van der Waals surface area (Å²) in [7, 11) is 0. The first-order valence-corrected chi connectivity index (χ1v) is 10.1. The van der Waals surface area contributed by atoms with Crippen LogP contribution in [-0.2, 0) is 24.2 Å². The van der Waals surface area contributed by atoms with Crippen LogP contribution in [-0.4, -0.2) is 37.1 Å². The third-order valence-electron chi connectivity index (χ3n) is 6.03. The number of amides is 1. The predicted molar refractivity (Wildman–Crippen MR) is 103 cm³/mol. The third kappa shape index (κ3) is 2.93. The van der Waals surface area contributed by atoms with E-state index in [0.717, 1.165) is 60.5 Å². The molecule has 0 spiro atoms. The van der Waals surface area contributed by atoms with Crippen LogP contribution >= 0.6 is 0 Å². The summed E-state index contributed by atoms with van der Waals surface area (Å²) in [4.78, 5) is 18.5. The molecule has 140 valence electrons. The van der Waals surface area contributed by atoms with Crippen molar-refractivity contribution in [1.29, 1.82) is 0 Å². The molecule has 0 bridgehead atoms. The Bertz CT molecular complexity index is 972. The number of aromatic amines is 1. The Kier molecular flexibility index (Phi) is 4.19. The smallest absolute Gasteiger partial charge is 0.227 e. The van der Waals surface area contributed by atoms with Crippen molar-refractivity contribution in [2.75, 3.05) is 6.54 Å². The van der Waals surface area contributed by atoms with Crippen LogP contribution in [0.2, 0.25) is 0 Å². The Morgan fingerprint density at radius 1 is 1.11 bits per heavy atom. The lowest BCUT2D eigenvalue weighted by Crippen LogP contribution is -2.33. The summed E-state index contributed by atoms with van der Waals surface area (Å²) >= 11 is 0. The van der Waals surface area contributed by atoms with E-state index in [0.29, 0.717) is 6.42 Å². The van der Waals surface area contributed by atoms with Gasteiger partial charge in [0.05, 0.1) is 12.5 Å². The summed E-state index contributed by atoms with van der Waals surface area (Å²) in [6.45, 7) is 1.80. The molecule has 2 aromatic heterocycles. The largest absolute Gasteiger partial charge is 0.361 e. The van der Waals surface area contributed by atoms with Gasteiger partial charge in [0, 0.05) is 36.6 Å². The maximum absolute atomic E-state index is 13.2. The Hall–Kier alpha value is -2.63. The summed E-state index contributed by atoms with van der Waals surface area (Å²) in [5, 5.41) is 10.1. The second-order valence-electron chi connectivity index (χ2n) is 7.72. The first-order valence-electron chi connectivity index (χ1n) is 10.1. The number of nitrogens with zero attached hydrogens (tertiary/aromatic N) is 4. The fourth-order valence-corrected chi connectivity index (χ4v) is 4.63. The van der Waals surface area contributed by atoms with E-state index in [4.69, 9.17) is 0 Å². The number of H-pyrrole nitrogens is 1. The number of benzene rings is 1. The molecule has 1 N–H and O–H groups in total. The van der Waals surface area contributed by atoms with Crippen LogP contribution in [0.4, 0.5) is 0 Å². The van der Waals surface area contributed by atoms with E-state index in [-0.39, 0.29) is 11.9 Å². The number of aromatic nitrogens is 4. The number of likely N-dealkylation sites (tertiary alicyclic amines) is 1. The average Bonchev–Trinajstić information content (AvgIpc) is 3.37. The lowest BCUT2D eigenvalue weighted by atomic mass is 10.1. The average molecular weight is 363 g/mol. The lowest BCUT2D eigenvalue weighted by Gasteiger charge is -2.24. The first kappa shape index (κ1) is 16.5. The van der Waals surface area contributed by atoms with Gasteiger partial charge in [0.2, 0.25) is 5.91 Å². The highest BCUT2D eigenvalue weighted by Gasteiger charge is 2.34. The molecule has 2 aliphatic heterocycles. The van der Waals surface area contributed by atoms with Gasteiger partial charge in [0.15, 0.2) is 5.82 Å². The van der Waals surface area contributed by atoms with E-state index < -0.39 is 0 Å². The van der Waals surface area contributed by atoms with E-state index in [1.54, 1.807) is 0 Å². The monoisotopic (exact) mass is 363 g/mol. The summed E-state index contributed by atoms with van der Waals surface area (Å²) in [6.07, 6.45) is 9.03. The van der Waals surface area contributed by atoms with Crippen LogP contribution < -0.4 is 0 Å². The molecular weight excluding hydrogens is 338 g/mol. The molecule has 0 saturated carbocycles. The zero-order valence-electron chi connectivity index (χ0n) is 15.5. The van der Waals surface area contributed by atoms with Crippen molar-refractivity contribution in [1.82, 2.24) is 24.6 Å². The molecule has 1 aromatic carbocycles. The lowest BCUT2D eigenvalue weighted by molar-refractivity contribution is -0.131. The predicted octanol–water partition coefficient (Wildman–Crippen LogP) is 3.39. The van der Waals surface area contributed by atoms with E-state index >= 15 is 0 Å². The van der Waals surface area contributed by atoms with Gasteiger partial charge in [-0.3, -0.25) is 4.79 Å². The van der Waals surface area contributed by atoms with Crippen LogP contribution in [0.5, 0.6) is 0 Å². The van der Waals surface area contributed by atoms with Crippen molar-refractivity contribution in [2.24, 2.45) is 0 Å². The molecule has 1 unspecified atom stereocenters.